The Morgan fingerprint density at radius 3 is 2.75 bits per heavy atom. The first-order chi connectivity index (χ1) is 11.5. The molecule has 1 saturated carbocycles. The summed E-state index contributed by atoms with van der Waals surface area (Å²) in [4.78, 5) is 37.9. The number of rotatable bonds is 5. The van der Waals surface area contributed by atoms with Crippen LogP contribution in [-0.4, -0.2) is 46.6 Å². The van der Waals surface area contributed by atoms with E-state index in [9.17, 15) is 14.4 Å². The average Bonchev–Trinajstić information content (AvgIpc) is 3.05. The van der Waals surface area contributed by atoms with E-state index in [4.69, 9.17) is 9.15 Å². The first-order valence-electron chi connectivity index (χ1n) is 7.92. The highest BCUT2D eigenvalue weighted by Gasteiger charge is 2.43. The highest BCUT2D eigenvalue weighted by molar-refractivity contribution is 7.99. The van der Waals surface area contributed by atoms with E-state index in [2.05, 4.69) is 5.32 Å². The van der Waals surface area contributed by atoms with E-state index in [1.54, 1.807) is 19.1 Å². The molecule has 1 aliphatic heterocycles. The maximum Gasteiger partial charge on any atom is 0.330 e. The predicted octanol–water partition coefficient (Wildman–Crippen LogP) is 1.45. The largest absolute Gasteiger partial charge is 0.466 e. The normalized spacial score (nSPS) is 24.5. The van der Waals surface area contributed by atoms with Crippen molar-refractivity contribution in [1.82, 2.24) is 10.2 Å². The lowest BCUT2D eigenvalue weighted by atomic mass is 10.2. The molecule has 1 aromatic rings. The van der Waals surface area contributed by atoms with E-state index in [0.717, 1.165) is 12.8 Å². The minimum Gasteiger partial charge on any atom is -0.466 e. The third-order valence-corrected chi connectivity index (χ3v) is 5.29. The van der Waals surface area contributed by atoms with Gasteiger partial charge in [-0.3, -0.25) is 9.59 Å². The zero-order chi connectivity index (χ0) is 17.3. The molecule has 0 spiro atoms. The molecule has 24 heavy (non-hydrogen) atoms. The molecule has 3 atom stereocenters. The lowest BCUT2D eigenvalue weighted by Gasteiger charge is -2.26. The molecule has 2 fully saturated rings. The van der Waals surface area contributed by atoms with E-state index in [0.29, 0.717) is 11.5 Å². The maximum atomic E-state index is 12.5. The number of hydrogen-bond acceptors (Lipinski definition) is 6. The van der Waals surface area contributed by atoms with Crippen molar-refractivity contribution in [2.24, 2.45) is 0 Å². The van der Waals surface area contributed by atoms with Crippen molar-refractivity contribution in [3.8, 4) is 0 Å². The SMILES string of the molecule is CC(=O)N1[C@@H](C(=O)O[C@H](C)C(=O)NC2CC2)CS[C@@H]1c1ccco1. The van der Waals surface area contributed by atoms with Gasteiger partial charge in [0.05, 0.1) is 6.26 Å². The number of ether oxygens (including phenoxy) is 1. The Hall–Kier alpha value is -1.96. The molecule has 0 radical (unpaired) electrons. The number of hydrogen-bond donors (Lipinski definition) is 1. The van der Waals surface area contributed by atoms with Crippen LogP contribution in [0.5, 0.6) is 0 Å². The lowest BCUT2D eigenvalue weighted by Crippen LogP contribution is -2.45. The summed E-state index contributed by atoms with van der Waals surface area (Å²) in [6, 6.07) is 2.99. The third kappa shape index (κ3) is 3.58. The number of nitrogens with zero attached hydrogens (tertiary/aromatic N) is 1. The van der Waals surface area contributed by atoms with Gasteiger partial charge in [0.15, 0.2) is 6.10 Å². The second-order valence-electron chi connectivity index (χ2n) is 6.01. The number of carbonyl (C=O) groups excluding carboxylic acids is 3. The second-order valence-corrected chi connectivity index (χ2v) is 7.12. The zero-order valence-corrected chi connectivity index (χ0v) is 14.4. The van der Waals surface area contributed by atoms with E-state index in [-0.39, 0.29) is 23.2 Å². The molecule has 0 aromatic carbocycles. The van der Waals surface area contributed by atoms with Gasteiger partial charge in [-0.15, -0.1) is 11.8 Å². The summed E-state index contributed by atoms with van der Waals surface area (Å²) in [6.45, 7) is 2.95. The Kier molecular flexibility index (Phi) is 4.84. The fourth-order valence-electron chi connectivity index (χ4n) is 2.58. The maximum absolute atomic E-state index is 12.5. The fourth-order valence-corrected chi connectivity index (χ4v) is 3.99. The quantitative estimate of drug-likeness (QED) is 0.807. The summed E-state index contributed by atoms with van der Waals surface area (Å²) in [6.07, 6.45) is 2.59. The van der Waals surface area contributed by atoms with Gasteiger partial charge in [-0.05, 0) is 31.9 Å². The van der Waals surface area contributed by atoms with Crippen LogP contribution in [-0.2, 0) is 19.1 Å². The molecule has 2 amide bonds. The molecule has 3 rings (SSSR count). The van der Waals surface area contributed by atoms with Crippen LogP contribution in [0.4, 0.5) is 0 Å². The minimum atomic E-state index is -0.875. The Morgan fingerprint density at radius 1 is 1.42 bits per heavy atom. The summed E-state index contributed by atoms with van der Waals surface area (Å²) in [7, 11) is 0. The predicted molar refractivity (Wildman–Crippen MR) is 86.9 cm³/mol. The highest BCUT2D eigenvalue weighted by atomic mass is 32.2. The molecule has 0 bridgehead atoms. The van der Waals surface area contributed by atoms with Gasteiger partial charge in [0.1, 0.15) is 17.2 Å². The summed E-state index contributed by atoms with van der Waals surface area (Å²) in [5.41, 5.74) is 0. The van der Waals surface area contributed by atoms with Gasteiger partial charge in [-0.25, -0.2) is 4.79 Å². The molecule has 1 aromatic heterocycles. The zero-order valence-electron chi connectivity index (χ0n) is 13.6. The van der Waals surface area contributed by atoms with Crippen LogP contribution in [0.1, 0.15) is 37.8 Å². The molecule has 2 heterocycles. The average molecular weight is 352 g/mol. The van der Waals surface area contributed by atoms with E-state index < -0.39 is 18.1 Å². The monoisotopic (exact) mass is 352 g/mol. The van der Waals surface area contributed by atoms with Crippen molar-refractivity contribution < 1.29 is 23.5 Å². The molecule has 7 nitrogen and oxygen atoms in total. The van der Waals surface area contributed by atoms with Crippen LogP contribution in [0.25, 0.3) is 0 Å². The van der Waals surface area contributed by atoms with Crippen molar-refractivity contribution in [3.05, 3.63) is 24.2 Å². The Morgan fingerprint density at radius 2 is 2.17 bits per heavy atom. The van der Waals surface area contributed by atoms with Crippen LogP contribution in [0.2, 0.25) is 0 Å². The van der Waals surface area contributed by atoms with E-state index in [1.807, 2.05) is 0 Å². The van der Waals surface area contributed by atoms with E-state index >= 15 is 0 Å². The number of thioether (sulfide) groups is 1. The molecular weight excluding hydrogens is 332 g/mol. The van der Waals surface area contributed by atoms with Crippen LogP contribution in [0.3, 0.4) is 0 Å². The van der Waals surface area contributed by atoms with Crippen molar-refractivity contribution >= 4 is 29.5 Å². The van der Waals surface area contributed by atoms with Crippen molar-refractivity contribution in [2.75, 3.05) is 5.75 Å². The molecule has 1 N–H and O–H groups in total. The van der Waals surface area contributed by atoms with Crippen LogP contribution < -0.4 is 5.32 Å². The number of nitrogens with one attached hydrogen (secondary N) is 1. The van der Waals surface area contributed by atoms with Gasteiger partial charge < -0.3 is 19.4 Å². The van der Waals surface area contributed by atoms with Crippen molar-refractivity contribution in [1.29, 1.82) is 0 Å². The third-order valence-electron chi connectivity index (χ3n) is 4.01. The summed E-state index contributed by atoms with van der Waals surface area (Å²) in [5, 5.41) is 2.44. The molecule has 130 valence electrons. The summed E-state index contributed by atoms with van der Waals surface area (Å²) >= 11 is 1.44. The number of amides is 2. The first-order valence-corrected chi connectivity index (χ1v) is 8.97. The van der Waals surface area contributed by atoms with Gasteiger partial charge >= 0.3 is 5.97 Å². The van der Waals surface area contributed by atoms with Crippen LogP contribution in [0.15, 0.2) is 22.8 Å². The Labute approximate surface area is 144 Å². The summed E-state index contributed by atoms with van der Waals surface area (Å²) in [5.74, 6) is -0.0806. The Bertz CT molecular complexity index is 628. The van der Waals surface area contributed by atoms with Crippen LogP contribution >= 0.6 is 11.8 Å². The molecule has 1 aliphatic carbocycles. The van der Waals surface area contributed by atoms with Gasteiger partial charge in [0.25, 0.3) is 5.91 Å². The standard InChI is InChI=1S/C16H20N2O5S/c1-9(14(20)17-11-5-6-11)23-16(21)12-8-24-15(18(12)10(2)19)13-4-3-7-22-13/h3-4,7,9,11-12,15H,5-6,8H2,1-2H3,(H,17,20)/t9-,12-,15-/m1/s1. The van der Waals surface area contributed by atoms with Gasteiger partial charge in [-0.2, -0.15) is 0 Å². The van der Waals surface area contributed by atoms with Gasteiger partial charge in [0.2, 0.25) is 5.91 Å². The minimum absolute atomic E-state index is 0.206. The fraction of sp³-hybridized carbons (Fsp3) is 0.562. The highest BCUT2D eigenvalue weighted by Crippen LogP contribution is 2.41. The van der Waals surface area contributed by atoms with Crippen LogP contribution in [0, 0.1) is 0 Å². The molecule has 0 unspecified atom stereocenters. The Balaban J connectivity index is 1.64. The lowest BCUT2D eigenvalue weighted by molar-refractivity contribution is -0.161. The molecule has 2 aliphatic rings. The molecule has 1 saturated heterocycles. The summed E-state index contributed by atoms with van der Waals surface area (Å²) < 4.78 is 10.6. The number of furan rings is 1. The first kappa shape index (κ1) is 16.9. The smallest absolute Gasteiger partial charge is 0.330 e. The topological polar surface area (TPSA) is 88.8 Å². The molecule has 8 heteroatoms. The van der Waals surface area contributed by atoms with Gasteiger partial charge in [0, 0.05) is 18.7 Å². The number of carbonyl (C=O) groups is 3. The van der Waals surface area contributed by atoms with Gasteiger partial charge in [-0.1, -0.05) is 0 Å². The van der Waals surface area contributed by atoms with Crippen molar-refractivity contribution in [3.63, 3.8) is 0 Å². The number of esters is 1. The van der Waals surface area contributed by atoms with Crippen molar-refractivity contribution in [2.45, 2.75) is 50.3 Å². The second kappa shape index (κ2) is 6.88. The van der Waals surface area contributed by atoms with E-state index in [1.165, 1.54) is 29.8 Å². The molecular formula is C16H20N2O5S.